The lowest BCUT2D eigenvalue weighted by atomic mass is 10.1. The summed E-state index contributed by atoms with van der Waals surface area (Å²) in [4.78, 5) is 15.5. The van der Waals surface area contributed by atoms with Crippen molar-refractivity contribution in [2.75, 3.05) is 0 Å². The summed E-state index contributed by atoms with van der Waals surface area (Å²) in [6.45, 7) is 0. The zero-order valence-electron chi connectivity index (χ0n) is 11.0. The number of benzene rings is 1. The fraction of sp³-hybridized carbons (Fsp3) is 0.0667. The van der Waals surface area contributed by atoms with Crippen molar-refractivity contribution in [1.82, 2.24) is 4.98 Å². The number of allylic oxidation sites excluding steroid dienone is 1. The smallest absolute Gasteiger partial charge is 0.289 e. The van der Waals surface area contributed by atoms with Crippen molar-refractivity contribution in [3.63, 3.8) is 0 Å². The molecule has 0 bridgehead atoms. The third kappa shape index (κ3) is 4.61. The number of aromatic nitrogens is 1. The number of nitrogens with zero attached hydrogens (tertiary/aromatic N) is 1. The van der Waals surface area contributed by atoms with E-state index in [0.717, 1.165) is 24.0 Å². The number of halogens is 4. The molecule has 0 aliphatic rings. The normalized spacial score (nSPS) is 11.8. The molecule has 0 amide bonds. The van der Waals surface area contributed by atoms with Crippen molar-refractivity contribution in [2.45, 2.75) is 11.2 Å². The van der Waals surface area contributed by atoms with Gasteiger partial charge in [-0.2, -0.15) is 13.2 Å². The molecule has 2 nitrogen and oxygen atoms in total. The lowest BCUT2D eigenvalue weighted by molar-refractivity contribution is -0.137. The first-order valence-electron chi connectivity index (χ1n) is 6.02. The highest BCUT2D eigenvalue weighted by molar-refractivity contribution is 8.02. The average molecular weight is 344 g/mol. The molecule has 2 aromatic rings. The Kier molecular flexibility index (Phi) is 5.26. The monoisotopic (exact) mass is 343 g/mol. The fourth-order valence-electron chi connectivity index (χ4n) is 1.49. The van der Waals surface area contributed by atoms with Crippen LogP contribution in [0.5, 0.6) is 0 Å². The van der Waals surface area contributed by atoms with Gasteiger partial charge in [0.2, 0.25) is 0 Å². The lowest BCUT2D eigenvalue weighted by Crippen LogP contribution is -2.04. The van der Waals surface area contributed by atoms with Crippen molar-refractivity contribution in [3.8, 4) is 0 Å². The Morgan fingerprint density at radius 3 is 2.36 bits per heavy atom. The van der Waals surface area contributed by atoms with E-state index in [-0.39, 0.29) is 5.78 Å². The van der Waals surface area contributed by atoms with Crippen LogP contribution in [0.25, 0.3) is 0 Å². The topological polar surface area (TPSA) is 30.0 Å². The number of carbonyl (C=O) groups excluding carboxylic acids is 1. The van der Waals surface area contributed by atoms with Gasteiger partial charge in [-0.15, -0.1) is 0 Å². The summed E-state index contributed by atoms with van der Waals surface area (Å²) in [5.74, 6) is -0.226. The molecule has 0 fully saturated rings. The number of alkyl halides is 3. The van der Waals surface area contributed by atoms with Gasteiger partial charge in [-0.25, -0.2) is 4.98 Å². The van der Waals surface area contributed by atoms with E-state index in [2.05, 4.69) is 4.98 Å². The molecular weight excluding hydrogens is 335 g/mol. The molecule has 0 radical (unpaired) electrons. The zero-order chi connectivity index (χ0) is 16.2. The van der Waals surface area contributed by atoms with E-state index < -0.39 is 11.7 Å². The van der Waals surface area contributed by atoms with Crippen LogP contribution >= 0.6 is 23.4 Å². The maximum Gasteiger partial charge on any atom is 0.417 e. The standard InChI is InChI=1S/C15H9ClF3NOS/c16-12-4-1-10(2-5-12)13(21)7-8-22-14-6-3-11(9-20-14)15(17,18)19/h1-9H. The van der Waals surface area contributed by atoms with Gasteiger partial charge in [-0.3, -0.25) is 4.79 Å². The summed E-state index contributed by atoms with van der Waals surface area (Å²) in [6.07, 6.45) is -2.32. The second-order valence-corrected chi connectivity index (χ2v) is 5.54. The summed E-state index contributed by atoms with van der Waals surface area (Å²) in [7, 11) is 0. The largest absolute Gasteiger partial charge is 0.417 e. The number of pyridine rings is 1. The number of thioether (sulfide) groups is 1. The van der Waals surface area contributed by atoms with Gasteiger partial charge in [0.1, 0.15) is 5.03 Å². The fourth-order valence-corrected chi connectivity index (χ4v) is 2.21. The molecule has 22 heavy (non-hydrogen) atoms. The molecule has 7 heteroatoms. The Morgan fingerprint density at radius 2 is 1.82 bits per heavy atom. The molecule has 0 saturated heterocycles. The summed E-state index contributed by atoms with van der Waals surface area (Å²) in [6, 6.07) is 8.60. The van der Waals surface area contributed by atoms with Crippen molar-refractivity contribution < 1.29 is 18.0 Å². The molecule has 0 saturated carbocycles. The molecule has 0 spiro atoms. The molecule has 1 heterocycles. The Bertz CT molecular complexity index is 681. The van der Waals surface area contributed by atoms with Crippen LogP contribution in [-0.2, 0) is 6.18 Å². The molecule has 0 atom stereocenters. The lowest BCUT2D eigenvalue weighted by Gasteiger charge is -2.05. The van der Waals surface area contributed by atoms with Crippen LogP contribution < -0.4 is 0 Å². The highest BCUT2D eigenvalue weighted by atomic mass is 35.5. The number of hydrogen-bond acceptors (Lipinski definition) is 3. The van der Waals surface area contributed by atoms with Crippen LogP contribution in [0.2, 0.25) is 5.02 Å². The van der Waals surface area contributed by atoms with Crippen molar-refractivity contribution in [3.05, 3.63) is 70.2 Å². The molecule has 1 aromatic heterocycles. The SMILES string of the molecule is O=C(C=CSc1ccc(C(F)(F)F)cn1)c1ccc(Cl)cc1. The molecule has 114 valence electrons. The first kappa shape index (κ1) is 16.6. The van der Waals surface area contributed by atoms with E-state index in [0.29, 0.717) is 15.6 Å². The zero-order valence-corrected chi connectivity index (χ0v) is 12.5. The summed E-state index contributed by atoms with van der Waals surface area (Å²) >= 11 is 6.78. The maximum absolute atomic E-state index is 12.4. The van der Waals surface area contributed by atoms with Crippen LogP contribution in [0.15, 0.2) is 59.1 Å². The van der Waals surface area contributed by atoms with E-state index in [1.54, 1.807) is 24.3 Å². The number of hydrogen-bond donors (Lipinski definition) is 0. The Balaban J connectivity index is 1.97. The van der Waals surface area contributed by atoms with Crippen molar-refractivity contribution >= 4 is 29.1 Å². The first-order valence-corrected chi connectivity index (χ1v) is 7.28. The van der Waals surface area contributed by atoms with Gasteiger partial charge in [0.05, 0.1) is 5.56 Å². The van der Waals surface area contributed by atoms with E-state index >= 15 is 0 Å². The Hall–Kier alpha value is -1.79. The predicted octanol–water partition coefficient (Wildman–Crippen LogP) is 5.24. The third-order valence-corrected chi connectivity index (χ3v) is 3.61. The first-order chi connectivity index (χ1) is 10.4. The van der Waals surface area contributed by atoms with E-state index in [9.17, 15) is 18.0 Å². The van der Waals surface area contributed by atoms with Gasteiger partial charge in [-0.05, 0) is 47.9 Å². The van der Waals surface area contributed by atoms with Gasteiger partial charge in [-0.1, -0.05) is 23.4 Å². The molecule has 2 rings (SSSR count). The van der Waals surface area contributed by atoms with Crippen molar-refractivity contribution in [2.24, 2.45) is 0 Å². The molecule has 0 unspecified atom stereocenters. The van der Waals surface area contributed by atoms with Crippen LogP contribution in [0.3, 0.4) is 0 Å². The molecular formula is C15H9ClF3NOS. The Labute approximate surface area is 134 Å². The number of ketones is 1. The van der Waals surface area contributed by atoms with E-state index in [4.69, 9.17) is 11.6 Å². The number of carbonyl (C=O) groups is 1. The van der Waals surface area contributed by atoms with E-state index in [1.165, 1.54) is 17.6 Å². The average Bonchev–Trinajstić information content (AvgIpc) is 2.47. The van der Waals surface area contributed by atoms with Gasteiger partial charge in [0.15, 0.2) is 5.78 Å². The minimum Gasteiger partial charge on any atom is -0.289 e. The molecule has 0 aliphatic heterocycles. The van der Waals surface area contributed by atoms with Gasteiger partial charge in [0.25, 0.3) is 0 Å². The van der Waals surface area contributed by atoms with E-state index in [1.807, 2.05) is 0 Å². The Morgan fingerprint density at radius 1 is 1.14 bits per heavy atom. The second-order valence-electron chi connectivity index (χ2n) is 4.17. The maximum atomic E-state index is 12.4. The third-order valence-electron chi connectivity index (χ3n) is 2.60. The van der Waals surface area contributed by atoms with Gasteiger partial charge in [0, 0.05) is 16.8 Å². The second kappa shape index (κ2) is 6.98. The van der Waals surface area contributed by atoms with Crippen LogP contribution in [0.4, 0.5) is 13.2 Å². The quantitative estimate of drug-likeness (QED) is 0.432. The van der Waals surface area contributed by atoms with Gasteiger partial charge >= 0.3 is 6.18 Å². The summed E-state index contributed by atoms with van der Waals surface area (Å²) in [5.41, 5.74) is -0.334. The van der Waals surface area contributed by atoms with Crippen molar-refractivity contribution in [1.29, 1.82) is 0 Å². The summed E-state index contributed by atoms with van der Waals surface area (Å²) < 4.78 is 37.1. The molecule has 0 N–H and O–H groups in total. The van der Waals surface area contributed by atoms with Crippen LogP contribution in [-0.4, -0.2) is 10.8 Å². The molecule has 1 aromatic carbocycles. The van der Waals surface area contributed by atoms with Gasteiger partial charge < -0.3 is 0 Å². The number of rotatable bonds is 4. The molecule has 0 aliphatic carbocycles. The minimum atomic E-state index is -4.41. The highest BCUT2D eigenvalue weighted by Gasteiger charge is 2.30. The van der Waals surface area contributed by atoms with Crippen LogP contribution in [0, 0.1) is 0 Å². The minimum absolute atomic E-state index is 0.226. The summed E-state index contributed by atoms with van der Waals surface area (Å²) in [5, 5.41) is 2.38. The predicted molar refractivity (Wildman–Crippen MR) is 80.0 cm³/mol. The van der Waals surface area contributed by atoms with Crippen LogP contribution in [0.1, 0.15) is 15.9 Å². The highest BCUT2D eigenvalue weighted by Crippen LogP contribution is 2.29.